The van der Waals surface area contributed by atoms with Crippen LogP contribution in [0.4, 0.5) is 0 Å². The molecule has 0 fully saturated rings. The van der Waals surface area contributed by atoms with Crippen LogP contribution in [0.15, 0.2) is 85.1 Å². The molecule has 31 heavy (non-hydrogen) atoms. The van der Waals surface area contributed by atoms with Gasteiger partial charge in [-0.3, -0.25) is 10.1 Å². The van der Waals surface area contributed by atoms with Crippen LogP contribution >= 0.6 is 11.6 Å². The molecule has 0 aliphatic heterocycles. The van der Waals surface area contributed by atoms with E-state index in [-0.39, 0.29) is 11.9 Å². The van der Waals surface area contributed by atoms with Crippen molar-refractivity contribution in [3.63, 3.8) is 0 Å². The van der Waals surface area contributed by atoms with Crippen LogP contribution in [0, 0.1) is 0 Å². The van der Waals surface area contributed by atoms with Crippen LogP contribution in [0.3, 0.4) is 0 Å². The van der Waals surface area contributed by atoms with Crippen LogP contribution in [0.25, 0.3) is 10.9 Å². The molecule has 0 saturated carbocycles. The molecule has 0 aliphatic rings. The number of hydrogen-bond donors (Lipinski definition) is 3. The number of aromatic nitrogens is 1. The number of H-pyrrole nitrogens is 1. The van der Waals surface area contributed by atoms with E-state index in [1.807, 2.05) is 48.7 Å². The Labute approximate surface area is 187 Å². The maximum atomic E-state index is 12.8. The van der Waals surface area contributed by atoms with Crippen LogP contribution in [0.5, 0.6) is 0 Å². The van der Waals surface area contributed by atoms with Crippen LogP contribution in [0.1, 0.15) is 35.2 Å². The summed E-state index contributed by atoms with van der Waals surface area (Å²) in [5.41, 5.74) is 4.42. The van der Waals surface area contributed by atoms with Crippen molar-refractivity contribution in [1.82, 2.24) is 15.6 Å². The van der Waals surface area contributed by atoms with E-state index in [0.717, 1.165) is 39.9 Å². The lowest BCUT2D eigenvalue weighted by molar-refractivity contribution is -0.123. The molecule has 1 heterocycles. The van der Waals surface area contributed by atoms with Crippen molar-refractivity contribution in [2.75, 3.05) is 7.05 Å². The number of likely N-dealkylation sites (N-methyl/N-ethyl adjacent to an activating group) is 1. The number of halogens is 1. The Kier molecular flexibility index (Phi) is 6.70. The molecule has 4 rings (SSSR count). The second kappa shape index (κ2) is 9.82. The van der Waals surface area contributed by atoms with Crippen molar-refractivity contribution in [1.29, 1.82) is 0 Å². The molecule has 158 valence electrons. The van der Waals surface area contributed by atoms with Crippen molar-refractivity contribution < 1.29 is 4.79 Å². The first-order valence-corrected chi connectivity index (χ1v) is 10.9. The summed E-state index contributed by atoms with van der Waals surface area (Å²) in [7, 11) is 1.68. The van der Waals surface area contributed by atoms with Crippen molar-refractivity contribution in [2.24, 2.45) is 0 Å². The second-order valence-corrected chi connectivity index (χ2v) is 8.10. The number of carbonyl (C=O) groups excluding carboxylic acids is 1. The zero-order chi connectivity index (χ0) is 21.6. The standard InChI is InChI=1S/C26H26ClN3O/c1-28-26(31)25(19-5-3-2-4-6-19)30-24(13-9-18-7-11-22(27)12-8-18)20-10-14-23-21(17-20)15-16-29-23/h2-8,10-12,14-17,24-25,29-30H,9,13H2,1H3,(H,28,31)/t24-,25?/m1/s1. The Morgan fingerprint density at radius 3 is 2.48 bits per heavy atom. The molecule has 0 aliphatic carbocycles. The Morgan fingerprint density at radius 2 is 1.74 bits per heavy atom. The first kappa shape index (κ1) is 21.2. The minimum Gasteiger partial charge on any atom is -0.361 e. The summed E-state index contributed by atoms with van der Waals surface area (Å²) in [6, 6.07) is 25.8. The largest absolute Gasteiger partial charge is 0.361 e. The number of hydrogen-bond acceptors (Lipinski definition) is 2. The molecule has 1 unspecified atom stereocenters. The predicted octanol–water partition coefficient (Wildman–Crippen LogP) is 5.57. The molecule has 0 spiro atoms. The quantitative estimate of drug-likeness (QED) is 0.341. The van der Waals surface area contributed by atoms with Gasteiger partial charge < -0.3 is 10.3 Å². The summed E-state index contributed by atoms with van der Waals surface area (Å²) in [6.45, 7) is 0. The molecule has 0 radical (unpaired) electrons. The van der Waals surface area contributed by atoms with E-state index in [2.05, 4.69) is 52.0 Å². The van der Waals surface area contributed by atoms with Gasteiger partial charge in [-0.2, -0.15) is 0 Å². The fourth-order valence-electron chi connectivity index (χ4n) is 3.91. The van der Waals surface area contributed by atoms with Gasteiger partial charge in [0.25, 0.3) is 0 Å². The van der Waals surface area contributed by atoms with Gasteiger partial charge in [-0.05, 0) is 65.3 Å². The van der Waals surface area contributed by atoms with Crippen molar-refractivity contribution in [3.05, 3.63) is 107 Å². The summed E-state index contributed by atoms with van der Waals surface area (Å²) >= 11 is 6.04. The van der Waals surface area contributed by atoms with Crippen molar-refractivity contribution >= 4 is 28.4 Å². The maximum absolute atomic E-state index is 12.8. The van der Waals surface area contributed by atoms with E-state index in [1.165, 1.54) is 5.56 Å². The van der Waals surface area contributed by atoms with Gasteiger partial charge in [0, 0.05) is 29.8 Å². The number of benzene rings is 3. The Balaban J connectivity index is 1.64. The van der Waals surface area contributed by atoms with Crippen LogP contribution in [0.2, 0.25) is 5.02 Å². The molecule has 2 atom stereocenters. The van der Waals surface area contributed by atoms with E-state index in [4.69, 9.17) is 11.6 Å². The first-order chi connectivity index (χ1) is 15.1. The zero-order valence-corrected chi connectivity index (χ0v) is 18.2. The number of aryl methyl sites for hydroxylation is 1. The normalized spacial score (nSPS) is 13.1. The van der Waals surface area contributed by atoms with Crippen LogP contribution < -0.4 is 10.6 Å². The summed E-state index contributed by atoms with van der Waals surface area (Å²) in [4.78, 5) is 16.0. The van der Waals surface area contributed by atoms with E-state index in [0.29, 0.717) is 0 Å². The number of aromatic amines is 1. The third kappa shape index (κ3) is 5.16. The van der Waals surface area contributed by atoms with Crippen molar-refractivity contribution in [2.45, 2.75) is 24.9 Å². The molecule has 4 nitrogen and oxygen atoms in total. The van der Waals surface area contributed by atoms with Gasteiger partial charge >= 0.3 is 0 Å². The lowest BCUT2D eigenvalue weighted by Crippen LogP contribution is -2.38. The highest BCUT2D eigenvalue weighted by atomic mass is 35.5. The van der Waals surface area contributed by atoms with E-state index in [1.54, 1.807) is 7.05 Å². The Bertz CT molecular complexity index is 1140. The summed E-state index contributed by atoms with van der Waals surface area (Å²) < 4.78 is 0. The summed E-state index contributed by atoms with van der Waals surface area (Å²) in [5, 5.41) is 8.33. The summed E-state index contributed by atoms with van der Waals surface area (Å²) in [6.07, 6.45) is 3.66. The highest BCUT2D eigenvalue weighted by Crippen LogP contribution is 2.27. The van der Waals surface area contributed by atoms with Gasteiger partial charge in [-0.15, -0.1) is 0 Å². The number of nitrogens with one attached hydrogen (secondary N) is 3. The third-order valence-corrected chi connectivity index (χ3v) is 5.88. The van der Waals surface area contributed by atoms with Crippen LogP contribution in [-0.4, -0.2) is 17.9 Å². The van der Waals surface area contributed by atoms with Gasteiger partial charge in [-0.25, -0.2) is 0 Å². The van der Waals surface area contributed by atoms with Crippen molar-refractivity contribution in [3.8, 4) is 0 Å². The van der Waals surface area contributed by atoms with E-state index in [9.17, 15) is 4.79 Å². The molecule has 1 aromatic heterocycles. The molecular weight excluding hydrogens is 406 g/mol. The van der Waals surface area contributed by atoms with Gasteiger partial charge in [0.2, 0.25) is 5.91 Å². The lowest BCUT2D eigenvalue weighted by atomic mass is 9.95. The fraction of sp³-hybridized carbons (Fsp3) is 0.192. The van der Waals surface area contributed by atoms with Gasteiger partial charge in [0.05, 0.1) is 0 Å². The van der Waals surface area contributed by atoms with Gasteiger partial charge in [-0.1, -0.05) is 60.1 Å². The van der Waals surface area contributed by atoms with Crippen LogP contribution in [-0.2, 0) is 11.2 Å². The first-order valence-electron chi connectivity index (χ1n) is 10.5. The minimum absolute atomic E-state index is 0.00233. The lowest BCUT2D eigenvalue weighted by Gasteiger charge is -2.26. The van der Waals surface area contributed by atoms with E-state index >= 15 is 0 Å². The minimum atomic E-state index is -0.441. The molecule has 0 bridgehead atoms. The SMILES string of the molecule is CNC(=O)C(N[C@H](CCc1ccc(Cl)cc1)c1ccc2[nH]ccc2c1)c1ccccc1. The molecule has 1 amide bonds. The smallest absolute Gasteiger partial charge is 0.241 e. The highest BCUT2D eigenvalue weighted by Gasteiger charge is 2.24. The molecule has 0 saturated heterocycles. The monoisotopic (exact) mass is 431 g/mol. The Morgan fingerprint density at radius 1 is 0.968 bits per heavy atom. The molecular formula is C26H26ClN3O. The second-order valence-electron chi connectivity index (χ2n) is 7.67. The number of fused-ring (bicyclic) bond motifs is 1. The van der Waals surface area contributed by atoms with Gasteiger partial charge in [0.15, 0.2) is 0 Å². The molecule has 3 aromatic carbocycles. The Hall–Kier alpha value is -3.08. The highest BCUT2D eigenvalue weighted by molar-refractivity contribution is 6.30. The summed E-state index contributed by atoms with van der Waals surface area (Å²) in [5.74, 6) is -0.0505. The van der Waals surface area contributed by atoms with Gasteiger partial charge in [0.1, 0.15) is 6.04 Å². The topological polar surface area (TPSA) is 56.9 Å². The fourth-order valence-corrected chi connectivity index (χ4v) is 4.04. The predicted molar refractivity (Wildman–Crippen MR) is 127 cm³/mol. The zero-order valence-electron chi connectivity index (χ0n) is 17.4. The average molecular weight is 432 g/mol. The number of amides is 1. The third-order valence-electron chi connectivity index (χ3n) is 5.62. The molecule has 4 aromatic rings. The molecule has 5 heteroatoms. The number of rotatable bonds is 8. The average Bonchev–Trinajstić information content (AvgIpc) is 3.28. The number of carbonyl (C=O) groups is 1. The molecule has 3 N–H and O–H groups in total. The van der Waals surface area contributed by atoms with E-state index < -0.39 is 6.04 Å². The maximum Gasteiger partial charge on any atom is 0.241 e.